The van der Waals surface area contributed by atoms with Gasteiger partial charge in [0, 0.05) is 11.3 Å². The Morgan fingerprint density at radius 2 is 2.20 bits per heavy atom. The summed E-state index contributed by atoms with van der Waals surface area (Å²) in [4.78, 5) is 11.3. The second-order valence-corrected chi connectivity index (χ2v) is 4.96. The molecule has 1 amide bonds. The van der Waals surface area contributed by atoms with Gasteiger partial charge in [-0.15, -0.1) is 12.4 Å². The number of thioether (sulfide) groups is 1. The fourth-order valence-corrected chi connectivity index (χ4v) is 2.76. The zero-order chi connectivity index (χ0) is 10.4. The lowest BCUT2D eigenvalue weighted by Gasteiger charge is -2.28. The summed E-state index contributed by atoms with van der Waals surface area (Å²) in [5, 5.41) is 6.67. The van der Waals surface area contributed by atoms with Gasteiger partial charge in [0.25, 0.3) is 0 Å². The minimum atomic E-state index is 0. The van der Waals surface area contributed by atoms with E-state index in [2.05, 4.69) is 16.9 Å². The first-order valence-electron chi connectivity index (χ1n) is 5.23. The maximum absolute atomic E-state index is 11.3. The molecule has 1 aliphatic carbocycles. The van der Waals surface area contributed by atoms with Gasteiger partial charge in [0.15, 0.2) is 0 Å². The smallest absolute Gasteiger partial charge is 0.234 e. The van der Waals surface area contributed by atoms with Gasteiger partial charge in [0.2, 0.25) is 5.91 Å². The number of rotatable bonds is 4. The molecule has 0 heterocycles. The van der Waals surface area contributed by atoms with Crippen molar-refractivity contribution < 1.29 is 4.79 Å². The molecular formula is C10H21ClN2OS. The molecule has 2 atom stereocenters. The van der Waals surface area contributed by atoms with E-state index in [1.807, 2.05) is 11.8 Å². The molecule has 3 nitrogen and oxygen atoms in total. The van der Waals surface area contributed by atoms with Gasteiger partial charge >= 0.3 is 0 Å². The van der Waals surface area contributed by atoms with E-state index in [1.165, 1.54) is 12.8 Å². The Bertz CT molecular complexity index is 192. The summed E-state index contributed by atoms with van der Waals surface area (Å²) in [5.41, 5.74) is 0. The molecule has 0 saturated heterocycles. The number of amides is 1. The summed E-state index contributed by atoms with van der Waals surface area (Å²) in [6, 6.07) is 0.405. The van der Waals surface area contributed by atoms with Crippen LogP contribution in [-0.2, 0) is 4.79 Å². The standard InChI is InChI=1S/C10H20N2OS.ClH/c1-11-7-10(13)12-8-4-3-5-9(6-8)14-2;/h8-9,11H,3-7H2,1-2H3,(H,12,13);1H. The van der Waals surface area contributed by atoms with E-state index in [9.17, 15) is 4.79 Å². The van der Waals surface area contributed by atoms with Crippen molar-refractivity contribution >= 4 is 30.1 Å². The van der Waals surface area contributed by atoms with E-state index >= 15 is 0 Å². The third-order valence-corrected chi connectivity index (χ3v) is 3.76. The molecule has 15 heavy (non-hydrogen) atoms. The number of nitrogens with one attached hydrogen (secondary N) is 2. The van der Waals surface area contributed by atoms with Crippen LogP contribution in [0.3, 0.4) is 0 Å². The molecule has 0 aliphatic heterocycles. The normalized spacial score (nSPS) is 25.5. The van der Waals surface area contributed by atoms with Crippen molar-refractivity contribution in [3.05, 3.63) is 0 Å². The fourth-order valence-electron chi connectivity index (χ4n) is 1.93. The van der Waals surface area contributed by atoms with E-state index < -0.39 is 0 Å². The first-order chi connectivity index (χ1) is 6.76. The number of carbonyl (C=O) groups excluding carboxylic acids is 1. The molecule has 0 aromatic heterocycles. The van der Waals surface area contributed by atoms with Gasteiger partial charge in [0.05, 0.1) is 6.54 Å². The van der Waals surface area contributed by atoms with Crippen molar-refractivity contribution in [3.63, 3.8) is 0 Å². The molecule has 1 aliphatic rings. The van der Waals surface area contributed by atoms with Crippen molar-refractivity contribution in [2.24, 2.45) is 0 Å². The summed E-state index contributed by atoms with van der Waals surface area (Å²) in [7, 11) is 1.80. The van der Waals surface area contributed by atoms with Crippen molar-refractivity contribution in [2.45, 2.75) is 37.0 Å². The quantitative estimate of drug-likeness (QED) is 0.795. The molecule has 1 saturated carbocycles. The Balaban J connectivity index is 0.00000196. The predicted octanol–water partition coefficient (Wildman–Crippen LogP) is 1.42. The summed E-state index contributed by atoms with van der Waals surface area (Å²) < 4.78 is 0. The third-order valence-electron chi connectivity index (χ3n) is 2.66. The van der Waals surface area contributed by atoms with Crippen molar-refractivity contribution in [1.82, 2.24) is 10.6 Å². The zero-order valence-corrected chi connectivity index (χ0v) is 11.0. The highest BCUT2D eigenvalue weighted by Crippen LogP contribution is 2.26. The van der Waals surface area contributed by atoms with Crippen LogP contribution in [0.4, 0.5) is 0 Å². The lowest BCUT2D eigenvalue weighted by molar-refractivity contribution is -0.121. The van der Waals surface area contributed by atoms with Crippen LogP contribution >= 0.6 is 24.2 Å². The Kier molecular flexibility index (Phi) is 8.29. The van der Waals surface area contributed by atoms with Gasteiger partial charge in [-0.2, -0.15) is 11.8 Å². The second kappa shape index (κ2) is 8.25. The molecule has 0 aromatic carbocycles. The molecule has 5 heteroatoms. The summed E-state index contributed by atoms with van der Waals surface area (Å²) >= 11 is 1.92. The van der Waals surface area contributed by atoms with Crippen LogP contribution in [0.25, 0.3) is 0 Å². The number of hydrogen-bond donors (Lipinski definition) is 2. The highest BCUT2D eigenvalue weighted by molar-refractivity contribution is 7.99. The van der Waals surface area contributed by atoms with E-state index in [1.54, 1.807) is 7.05 Å². The summed E-state index contributed by atoms with van der Waals surface area (Å²) in [6.45, 7) is 0.431. The lowest BCUT2D eigenvalue weighted by Crippen LogP contribution is -2.42. The molecule has 2 N–H and O–H groups in total. The predicted molar refractivity (Wildman–Crippen MR) is 68.9 cm³/mol. The Morgan fingerprint density at radius 3 is 2.80 bits per heavy atom. The van der Waals surface area contributed by atoms with Crippen LogP contribution < -0.4 is 10.6 Å². The SMILES string of the molecule is CNCC(=O)NC1CCCC(SC)C1.Cl. The number of hydrogen-bond acceptors (Lipinski definition) is 3. The molecular weight excluding hydrogens is 232 g/mol. The lowest BCUT2D eigenvalue weighted by atomic mass is 9.95. The molecule has 0 spiro atoms. The number of carbonyl (C=O) groups is 1. The maximum atomic E-state index is 11.3. The second-order valence-electron chi connectivity index (χ2n) is 3.82. The topological polar surface area (TPSA) is 41.1 Å². The van der Waals surface area contributed by atoms with Crippen LogP contribution in [0.1, 0.15) is 25.7 Å². The van der Waals surface area contributed by atoms with Crippen molar-refractivity contribution in [1.29, 1.82) is 0 Å². The highest BCUT2D eigenvalue weighted by Gasteiger charge is 2.21. The average molecular weight is 253 g/mol. The van der Waals surface area contributed by atoms with Crippen molar-refractivity contribution in [2.75, 3.05) is 19.8 Å². The van der Waals surface area contributed by atoms with E-state index in [0.29, 0.717) is 12.6 Å². The molecule has 0 bridgehead atoms. The van der Waals surface area contributed by atoms with E-state index in [0.717, 1.165) is 18.1 Å². The van der Waals surface area contributed by atoms with Gasteiger partial charge in [-0.3, -0.25) is 4.79 Å². The monoisotopic (exact) mass is 252 g/mol. The van der Waals surface area contributed by atoms with Gasteiger partial charge < -0.3 is 10.6 Å². The average Bonchev–Trinajstić information content (AvgIpc) is 2.18. The number of likely N-dealkylation sites (N-methyl/N-ethyl adjacent to an activating group) is 1. The Labute approximate surface area is 103 Å². The van der Waals surface area contributed by atoms with Crippen LogP contribution in [-0.4, -0.2) is 37.0 Å². The van der Waals surface area contributed by atoms with Gasteiger partial charge in [-0.1, -0.05) is 6.42 Å². The Morgan fingerprint density at radius 1 is 1.47 bits per heavy atom. The number of halogens is 1. The van der Waals surface area contributed by atoms with Crippen LogP contribution in [0.2, 0.25) is 0 Å². The minimum absolute atomic E-state index is 0. The van der Waals surface area contributed by atoms with E-state index in [-0.39, 0.29) is 18.3 Å². The van der Waals surface area contributed by atoms with Gasteiger partial charge in [-0.05, 0) is 32.6 Å². The third kappa shape index (κ3) is 5.64. The summed E-state index contributed by atoms with van der Waals surface area (Å²) in [5.74, 6) is 0.124. The minimum Gasteiger partial charge on any atom is -0.352 e. The van der Waals surface area contributed by atoms with Gasteiger partial charge in [-0.25, -0.2) is 0 Å². The maximum Gasteiger partial charge on any atom is 0.234 e. The van der Waals surface area contributed by atoms with E-state index in [4.69, 9.17) is 0 Å². The van der Waals surface area contributed by atoms with Crippen LogP contribution in [0, 0.1) is 0 Å². The highest BCUT2D eigenvalue weighted by atomic mass is 35.5. The molecule has 1 fully saturated rings. The van der Waals surface area contributed by atoms with Crippen molar-refractivity contribution in [3.8, 4) is 0 Å². The molecule has 0 aromatic rings. The fraction of sp³-hybridized carbons (Fsp3) is 0.900. The van der Waals surface area contributed by atoms with Crippen LogP contribution in [0.15, 0.2) is 0 Å². The molecule has 0 radical (unpaired) electrons. The van der Waals surface area contributed by atoms with Crippen LogP contribution in [0.5, 0.6) is 0 Å². The molecule has 2 unspecified atom stereocenters. The molecule has 1 rings (SSSR count). The first-order valence-corrected chi connectivity index (χ1v) is 6.51. The zero-order valence-electron chi connectivity index (χ0n) is 9.41. The largest absolute Gasteiger partial charge is 0.352 e. The summed E-state index contributed by atoms with van der Waals surface area (Å²) in [6.07, 6.45) is 6.99. The Hall–Kier alpha value is 0.0700. The van der Waals surface area contributed by atoms with Gasteiger partial charge in [0.1, 0.15) is 0 Å². The molecule has 90 valence electrons. The first kappa shape index (κ1) is 15.1.